The topological polar surface area (TPSA) is 69.1 Å². The summed E-state index contributed by atoms with van der Waals surface area (Å²) in [5.74, 6) is 0.752. The first kappa shape index (κ1) is 20.7. The molecule has 1 saturated heterocycles. The lowest BCUT2D eigenvalue weighted by molar-refractivity contribution is -0.0179. The van der Waals surface area contributed by atoms with Crippen LogP contribution in [-0.2, 0) is 11.2 Å². The summed E-state index contributed by atoms with van der Waals surface area (Å²) in [5, 5.41) is 17.3. The molecule has 1 aromatic carbocycles. The van der Waals surface area contributed by atoms with Crippen LogP contribution in [0, 0.1) is 6.92 Å². The highest BCUT2D eigenvalue weighted by Gasteiger charge is 2.25. The van der Waals surface area contributed by atoms with E-state index in [9.17, 15) is 5.11 Å². The summed E-state index contributed by atoms with van der Waals surface area (Å²) in [7, 11) is 0. The molecule has 26 heavy (non-hydrogen) atoms. The Bertz CT molecular complexity index is 551. The molecule has 1 unspecified atom stereocenters. The molecule has 1 heterocycles. The van der Waals surface area contributed by atoms with E-state index in [2.05, 4.69) is 51.7 Å². The Hall–Kier alpha value is -1.63. The molecule has 3 N–H and O–H groups in total. The largest absolute Gasteiger partial charge is 0.387 e. The Morgan fingerprint density at radius 1 is 1.23 bits per heavy atom. The predicted octanol–water partition coefficient (Wildman–Crippen LogP) is 1.18. The number of morpholine rings is 1. The highest BCUT2D eigenvalue weighted by atomic mass is 16.5. The van der Waals surface area contributed by atoms with E-state index in [0.717, 1.165) is 51.8 Å². The number of aliphatic hydroxyl groups is 1. The highest BCUT2D eigenvalue weighted by Crippen LogP contribution is 2.09. The van der Waals surface area contributed by atoms with Gasteiger partial charge in [0.15, 0.2) is 5.96 Å². The van der Waals surface area contributed by atoms with Gasteiger partial charge in [-0.25, -0.2) is 0 Å². The van der Waals surface area contributed by atoms with Gasteiger partial charge in [-0.1, -0.05) is 29.8 Å². The normalized spacial score (nSPS) is 18.4. The Labute approximate surface area is 157 Å². The average molecular weight is 363 g/mol. The molecule has 1 fully saturated rings. The first-order valence-electron chi connectivity index (χ1n) is 9.59. The molecule has 0 radical (unpaired) electrons. The smallest absolute Gasteiger partial charge is 0.191 e. The van der Waals surface area contributed by atoms with Crippen molar-refractivity contribution in [3.63, 3.8) is 0 Å². The number of nitrogens with zero attached hydrogens (tertiary/aromatic N) is 2. The maximum atomic E-state index is 10.7. The number of hydrogen-bond donors (Lipinski definition) is 3. The summed E-state index contributed by atoms with van der Waals surface area (Å²) in [6.45, 7) is 11.8. The lowest BCUT2D eigenvalue weighted by Gasteiger charge is -2.33. The van der Waals surface area contributed by atoms with Gasteiger partial charge in [-0.15, -0.1) is 0 Å². The second-order valence-electron chi connectivity index (χ2n) is 7.24. The van der Waals surface area contributed by atoms with Gasteiger partial charge in [0.25, 0.3) is 0 Å². The monoisotopic (exact) mass is 362 g/mol. The minimum Gasteiger partial charge on any atom is -0.387 e. The number of aliphatic imine (C=N–C) groups is 1. The highest BCUT2D eigenvalue weighted by molar-refractivity contribution is 5.79. The molecule has 0 bridgehead atoms. The number of rotatable bonds is 8. The van der Waals surface area contributed by atoms with Crippen LogP contribution in [0.25, 0.3) is 0 Å². The van der Waals surface area contributed by atoms with Crippen molar-refractivity contribution in [3.05, 3.63) is 35.4 Å². The van der Waals surface area contributed by atoms with E-state index < -0.39 is 5.60 Å². The van der Waals surface area contributed by atoms with Gasteiger partial charge < -0.3 is 20.5 Å². The molecule has 2 rings (SSSR count). The maximum Gasteiger partial charge on any atom is 0.191 e. The zero-order valence-electron chi connectivity index (χ0n) is 16.4. The summed E-state index contributed by atoms with van der Waals surface area (Å²) in [5.41, 5.74) is 1.73. The molecule has 6 heteroatoms. The summed E-state index contributed by atoms with van der Waals surface area (Å²) in [6, 6.07) is 8.59. The van der Waals surface area contributed by atoms with Crippen molar-refractivity contribution in [1.29, 1.82) is 0 Å². The molecule has 1 atom stereocenters. The lowest BCUT2D eigenvalue weighted by Crippen LogP contribution is -2.48. The molecule has 1 aliphatic heterocycles. The summed E-state index contributed by atoms with van der Waals surface area (Å²) < 4.78 is 5.36. The van der Waals surface area contributed by atoms with Gasteiger partial charge in [-0.3, -0.25) is 9.89 Å². The molecule has 0 spiro atoms. The molecule has 6 nitrogen and oxygen atoms in total. The standard InChI is InChI=1S/C20H34N4O2/c1-4-21-19(22-10-9-18-7-5-17(2)6-8-18)23-15-20(3,25)16-24-11-13-26-14-12-24/h5-8,25H,4,9-16H2,1-3H3,(H2,21,22,23). The second-order valence-corrected chi connectivity index (χ2v) is 7.24. The Balaban J connectivity index is 1.81. The van der Waals surface area contributed by atoms with Crippen molar-refractivity contribution < 1.29 is 9.84 Å². The fourth-order valence-electron chi connectivity index (χ4n) is 2.96. The summed E-state index contributed by atoms with van der Waals surface area (Å²) >= 11 is 0. The van der Waals surface area contributed by atoms with Crippen molar-refractivity contribution >= 4 is 5.96 Å². The van der Waals surface area contributed by atoms with Gasteiger partial charge in [0.2, 0.25) is 0 Å². The van der Waals surface area contributed by atoms with Crippen LogP contribution < -0.4 is 10.6 Å². The quantitative estimate of drug-likeness (QED) is 0.479. The van der Waals surface area contributed by atoms with Crippen LogP contribution in [0.4, 0.5) is 0 Å². The first-order valence-corrected chi connectivity index (χ1v) is 9.59. The van der Waals surface area contributed by atoms with Gasteiger partial charge in [0.1, 0.15) is 0 Å². The van der Waals surface area contributed by atoms with E-state index in [1.54, 1.807) is 0 Å². The number of hydrogen-bond acceptors (Lipinski definition) is 4. The zero-order chi connectivity index (χ0) is 18.8. The number of guanidine groups is 1. The van der Waals surface area contributed by atoms with Crippen LogP contribution in [0.2, 0.25) is 0 Å². The fourth-order valence-corrected chi connectivity index (χ4v) is 2.96. The molecule has 146 valence electrons. The third kappa shape index (κ3) is 7.72. The fraction of sp³-hybridized carbons (Fsp3) is 0.650. The van der Waals surface area contributed by atoms with Crippen LogP contribution in [0.3, 0.4) is 0 Å². The SMILES string of the molecule is CCNC(=NCC(C)(O)CN1CCOCC1)NCCc1ccc(C)cc1. The minimum atomic E-state index is -0.851. The van der Waals surface area contributed by atoms with Crippen LogP contribution >= 0.6 is 0 Å². The van der Waals surface area contributed by atoms with Crippen LogP contribution in [0.15, 0.2) is 29.3 Å². The summed E-state index contributed by atoms with van der Waals surface area (Å²) in [4.78, 5) is 6.82. The van der Waals surface area contributed by atoms with Crippen molar-refractivity contribution in [1.82, 2.24) is 15.5 Å². The van der Waals surface area contributed by atoms with Gasteiger partial charge in [-0.05, 0) is 32.8 Å². The summed E-state index contributed by atoms with van der Waals surface area (Å²) in [6.07, 6.45) is 0.939. The van der Waals surface area contributed by atoms with E-state index in [1.807, 2.05) is 13.8 Å². The van der Waals surface area contributed by atoms with Crippen molar-refractivity contribution in [2.75, 3.05) is 52.5 Å². The van der Waals surface area contributed by atoms with Crippen molar-refractivity contribution in [2.45, 2.75) is 32.8 Å². The Morgan fingerprint density at radius 2 is 1.92 bits per heavy atom. The second kappa shape index (κ2) is 10.5. The van der Waals surface area contributed by atoms with Gasteiger partial charge in [0, 0.05) is 32.7 Å². The van der Waals surface area contributed by atoms with E-state index in [4.69, 9.17) is 4.74 Å². The number of aryl methyl sites for hydroxylation is 1. The molecule has 0 aromatic heterocycles. The van der Waals surface area contributed by atoms with Gasteiger partial charge in [-0.2, -0.15) is 0 Å². The average Bonchev–Trinajstić information content (AvgIpc) is 2.62. The maximum absolute atomic E-state index is 10.7. The number of benzene rings is 1. The first-order chi connectivity index (χ1) is 12.5. The van der Waals surface area contributed by atoms with E-state index in [-0.39, 0.29) is 0 Å². The molecule has 0 saturated carbocycles. The van der Waals surface area contributed by atoms with E-state index in [1.165, 1.54) is 11.1 Å². The van der Waals surface area contributed by atoms with Crippen LogP contribution in [0.1, 0.15) is 25.0 Å². The third-order valence-corrected chi connectivity index (χ3v) is 4.42. The zero-order valence-corrected chi connectivity index (χ0v) is 16.4. The number of ether oxygens (including phenoxy) is 1. The van der Waals surface area contributed by atoms with Crippen LogP contribution in [-0.4, -0.2) is 74.0 Å². The Morgan fingerprint density at radius 3 is 2.58 bits per heavy atom. The minimum absolute atomic E-state index is 0.365. The van der Waals surface area contributed by atoms with Gasteiger partial charge in [0.05, 0.1) is 25.4 Å². The lowest BCUT2D eigenvalue weighted by atomic mass is 10.1. The van der Waals surface area contributed by atoms with E-state index >= 15 is 0 Å². The molecule has 1 aromatic rings. The van der Waals surface area contributed by atoms with Gasteiger partial charge >= 0.3 is 0 Å². The van der Waals surface area contributed by atoms with E-state index in [0.29, 0.717) is 13.1 Å². The molecule has 1 aliphatic rings. The van der Waals surface area contributed by atoms with Crippen LogP contribution in [0.5, 0.6) is 0 Å². The third-order valence-electron chi connectivity index (χ3n) is 4.42. The number of nitrogens with one attached hydrogen (secondary N) is 2. The Kier molecular flexibility index (Phi) is 8.35. The predicted molar refractivity (Wildman–Crippen MR) is 107 cm³/mol. The number of β-amino-alcohol motifs (C(OH)–C–C–N with tert-alkyl or cyclic N) is 1. The molecular weight excluding hydrogens is 328 g/mol. The van der Waals surface area contributed by atoms with Crippen molar-refractivity contribution in [2.24, 2.45) is 4.99 Å². The molecule has 0 aliphatic carbocycles. The molecule has 0 amide bonds. The molecular formula is C20H34N4O2. The van der Waals surface area contributed by atoms with Crippen molar-refractivity contribution in [3.8, 4) is 0 Å².